The van der Waals surface area contributed by atoms with Gasteiger partial charge in [0.15, 0.2) is 0 Å². The lowest BCUT2D eigenvalue weighted by molar-refractivity contribution is 0.477. The molecule has 2 rings (SSSR count). The number of phenols is 1. The standard InChI is InChI=1S/C13H10BrClO/c14-8-9-4-1-2-5-10(9)11-6-3-7-12(15)13(11)16/h1-7,16H,8H2. The van der Waals surface area contributed by atoms with Crippen molar-refractivity contribution in [1.82, 2.24) is 0 Å². The summed E-state index contributed by atoms with van der Waals surface area (Å²) in [6, 6.07) is 13.3. The van der Waals surface area contributed by atoms with E-state index in [0.29, 0.717) is 5.02 Å². The Morgan fingerprint density at radius 1 is 1.00 bits per heavy atom. The van der Waals surface area contributed by atoms with E-state index in [4.69, 9.17) is 11.6 Å². The van der Waals surface area contributed by atoms with Crippen LogP contribution in [0.25, 0.3) is 11.1 Å². The summed E-state index contributed by atoms with van der Waals surface area (Å²) in [5.74, 6) is 0.137. The highest BCUT2D eigenvalue weighted by Crippen LogP contribution is 2.36. The second kappa shape index (κ2) is 4.89. The van der Waals surface area contributed by atoms with Crippen LogP contribution in [0.4, 0.5) is 0 Å². The summed E-state index contributed by atoms with van der Waals surface area (Å²) in [6.45, 7) is 0. The lowest BCUT2D eigenvalue weighted by Crippen LogP contribution is -1.86. The Bertz CT molecular complexity index is 511. The summed E-state index contributed by atoms with van der Waals surface area (Å²) in [5.41, 5.74) is 2.89. The van der Waals surface area contributed by atoms with E-state index in [-0.39, 0.29) is 5.75 Å². The first-order valence-corrected chi connectivity index (χ1v) is 6.35. The summed E-state index contributed by atoms with van der Waals surface area (Å²) in [5, 5.41) is 11.0. The van der Waals surface area contributed by atoms with Gasteiger partial charge in [0.1, 0.15) is 5.75 Å². The van der Waals surface area contributed by atoms with E-state index >= 15 is 0 Å². The highest BCUT2D eigenvalue weighted by Gasteiger charge is 2.10. The van der Waals surface area contributed by atoms with Crippen molar-refractivity contribution >= 4 is 27.5 Å². The first kappa shape index (κ1) is 11.5. The molecule has 0 amide bonds. The lowest BCUT2D eigenvalue weighted by Gasteiger charge is -2.09. The van der Waals surface area contributed by atoms with Gasteiger partial charge in [-0.3, -0.25) is 0 Å². The first-order valence-electron chi connectivity index (χ1n) is 4.85. The molecule has 0 atom stereocenters. The molecule has 1 nitrogen and oxygen atoms in total. The largest absolute Gasteiger partial charge is 0.506 e. The van der Waals surface area contributed by atoms with E-state index in [1.165, 1.54) is 0 Å². The number of para-hydroxylation sites is 1. The van der Waals surface area contributed by atoms with Crippen LogP contribution in [-0.2, 0) is 5.33 Å². The SMILES string of the molecule is Oc1c(Cl)cccc1-c1ccccc1CBr. The maximum atomic E-state index is 9.92. The monoisotopic (exact) mass is 296 g/mol. The molecule has 0 aromatic heterocycles. The number of aromatic hydroxyl groups is 1. The molecule has 0 spiro atoms. The minimum Gasteiger partial charge on any atom is -0.506 e. The van der Waals surface area contributed by atoms with Crippen LogP contribution in [0.5, 0.6) is 5.75 Å². The predicted molar refractivity (Wildman–Crippen MR) is 71.2 cm³/mol. The normalized spacial score (nSPS) is 10.4. The third kappa shape index (κ3) is 2.08. The summed E-state index contributed by atoms with van der Waals surface area (Å²) < 4.78 is 0. The van der Waals surface area contributed by atoms with Gasteiger partial charge in [0.25, 0.3) is 0 Å². The van der Waals surface area contributed by atoms with Crippen LogP contribution in [-0.4, -0.2) is 5.11 Å². The zero-order valence-corrected chi connectivity index (χ0v) is 10.8. The van der Waals surface area contributed by atoms with Crippen molar-refractivity contribution in [3.63, 3.8) is 0 Å². The van der Waals surface area contributed by atoms with Crippen molar-refractivity contribution in [3.8, 4) is 16.9 Å². The van der Waals surface area contributed by atoms with Crippen LogP contribution >= 0.6 is 27.5 Å². The van der Waals surface area contributed by atoms with Crippen LogP contribution in [0.15, 0.2) is 42.5 Å². The predicted octanol–water partition coefficient (Wildman–Crippen LogP) is 4.61. The Labute approximate surface area is 108 Å². The van der Waals surface area contributed by atoms with Gasteiger partial charge in [-0.1, -0.05) is 63.9 Å². The molecule has 82 valence electrons. The van der Waals surface area contributed by atoms with Crippen LogP contribution in [0, 0.1) is 0 Å². The van der Waals surface area contributed by atoms with Crippen molar-refractivity contribution in [2.45, 2.75) is 5.33 Å². The molecular weight excluding hydrogens is 287 g/mol. The van der Waals surface area contributed by atoms with Crippen molar-refractivity contribution in [1.29, 1.82) is 0 Å². The molecule has 1 N–H and O–H groups in total. The lowest BCUT2D eigenvalue weighted by atomic mass is 10.00. The molecule has 0 saturated heterocycles. The van der Waals surface area contributed by atoms with Gasteiger partial charge in [0.05, 0.1) is 5.02 Å². The van der Waals surface area contributed by atoms with Crippen LogP contribution in [0.3, 0.4) is 0 Å². The molecule has 0 radical (unpaired) electrons. The number of halogens is 2. The van der Waals surface area contributed by atoms with Gasteiger partial charge < -0.3 is 5.11 Å². The fraction of sp³-hybridized carbons (Fsp3) is 0.0769. The summed E-state index contributed by atoms with van der Waals surface area (Å²) in [7, 11) is 0. The third-order valence-corrected chi connectivity index (χ3v) is 3.35. The van der Waals surface area contributed by atoms with Gasteiger partial charge in [-0.05, 0) is 17.2 Å². The molecule has 16 heavy (non-hydrogen) atoms. The smallest absolute Gasteiger partial charge is 0.141 e. The molecule has 3 heteroatoms. The average molecular weight is 298 g/mol. The van der Waals surface area contributed by atoms with Crippen molar-refractivity contribution in [2.75, 3.05) is 0 Å². The Balaban J connectivity index is 2.63. The van der Waals surface area contributed by atoms with Crippen molar-refractivity contribution < 1.29 is 5.11 Å². The molecule has 2 aromatic rings. The highest BCUT2D eigenvalue weighted by molar-refractivity contribution is 9.08. The van der Waals surface area contributed by atoms with E-state index in [2.05, 4.69) is 15.9 Å². The zero-order valence-electron chi connectivity index (χ0n) is 8.45. The van der Waals surface area contributed by atoms with Crippen molar-refractivity contribution in [2.24, 2.45) is 0 Å². The van der Waals surface area contributed by atoms with Crippen molar-refractivity contribution in [3.05, 3.63) is 53.1 Å². The van der Waals surface area contributed by atoms with Crippen LogP contribution < -0.4 is 0 Å². The van der Waals surface area contributed by atoms with Gasteiger partial charge in [0, 0.05) is 10.9 Å². The van der Waals surface area contributed by atoms with E-state index in [1.807, 2.05) is 36.4 Å². The van der Waals surface area contributed by atoms with E-state index in [1.54, 1.807) is 6.07 Å². The van der Waals surface area contributed by atoms with Gasteiger partial charge >= 0.3 is 0 Å². The summed E-state index contributed by atoms with van der Waals surface area (Å²) >= 11 is 9.33. The molecule has 0 bridgehead atoms. The number of benzene rings is 2. The molecule has 0 unspecified atom stereocenters. The second-order valence-electron chi connectivity index (χ2n) is 3.43. The zero-order chi connectivity index (χ0) is 11.5. The fourth-order valence-electron chi connectivity index (χ4n) is 1.63. The van der Waals surface area contributed by atoms with E-state index < -0.39 is 0 Å². The summed E-state index contributed by atoms with van der Waals surface area (Å²) in [6.07, 6.45) is 0. The van der Waals surface area contributed by atoms with Crippen LogP contribution in [0.2, 0.25) is 5.02 Å². The van der Waals surface area contributed by atoms with E-state index in [0.717, 1.165) is 22.0 Å². The minimum atomic E-state index is 0.137. The van der Waals surface area contributed by atoms with E-state index in [9.17, 15) is 5.11 Å². The Hall–Kier alpha value is -0.990. The molecule has 0 fully saturated rings. The third-order valence-electron chi connectivity index (χ3n) is 2.44. The molecule has 2 aromatic carbocycles. The molecule has 0 saturated carbocycles. The van der Waals surface area contributed by atoms with Gasteiger partial charge in [0.2, 0.25) is 0 Å². The molecule has 0 heterocycles. The highest BCUT2D eigenvalue weighted by atomic mass is 79.9. The van der Waals surface area contributed by atoms with Crippen LogP contribution in [0.1, 0.15) is 5.56 Å². The second-order valence-corrected chi connectivity index (χ2v) is 4.39. The number of hydrogen-bond donors (Lipinski definition) is 1. The number of phenolic OH excluding ortho intramolecular Hbond substituents is 1. The minimum absolute atomic E-state index is 0.137. The van der Waals surface area contributed by atoms with Gasteiger partial charge in [-0.15, -0.1) is 0 Å². The number of rotatable bonds is 2. The maximum absolute atomic E-state index is 9.92. The fourth-order valence-corrected chi connectivity index (χ4v) is 2.30. The quantitative estimate of drug-likeness (QED) is 0.803. The first-order chi connectivity index (χ1) is 7.74. The van der Waals surface area contributed by atoms with Gasteiger partial charge in [-0.25, -0.2) is 0 Å². The topological polar surface area (TPSA) is 20.2 Å². The molecule has 0 aliphatic carbocycles. The Morgan fingerprint density at radius 3 is 2.44 bits per heavy atom. The molecule has 0 aliphatic heterocycles. The number of alkyl halides is 1. The molecule has 0 aliphatic rings. The average Bonchev–Trinajstić information content (AvgIpc) is 2.33. The Kier molecular flexibility index (Phi) is 3.52. The Morgan fingerprint density at radius 2 is 1.69 bits per heavy atom. The van der Waals surface area contributed by atoms with Gasteiger partial charge in [-0.2, -0.15) is 0 Å². The number of hydrogen-bond acceptors (Lipinski definition) is 1. The maximum Gasteiger partial charge on any atom is 0.141 e. The molecular formula is C13H10BrClO. The summed E-state index contributed by atoms with van der Waals surface area (Å²) in [4.78, 5) is 0.